The van der Waals surface area contributed by atoms with E-state index >= 15 is 0 Å². The van der Waals surface area contributed by atoms with Crippen molar-refractivity contribution in [3.8, 4) is 0 Å². The van der Waals surface area contributed by atoms with Crippen LogP contribution in [0.5, 0.6) is 0 Å². The van der Waals surface area contributed by atoms with E-state index in [0.29, 0.717) is 17.4 Å². The van der Waals surface area contributed by atoms with Gasteiger partial charge in [-0.25, -0.2) is 0 Å². The molecule has 0 fully saturated rings. The highest BCUT2D eigenvalue weighted by molar-refractivity contribution is 7.55. The molecule has 1 aromatic carbocycles. The van der Waals surface area contributed by atoms with Gasteiger partial charge in [0.15, 0.2) is 6.29 Å². The van der Waals surface area contributed by atoms with Crippen LogP contribution in [0.15, 0.2) is 30.1 Å². The lowest BCUT2D eigenvalue weighted by molar-refractivity contribution is 0.112. The monoisotopic (exact) mass is 212 g/mol. The van der Waals surface area contributed by atoms with Gasteiger partial charge in [0.25, 0.3) is 0 Å². The van der Waals surface area contributed by atoms with Gasteiger partial charge in [-0.2, -0.15) is 0 Å². The molecule has 0 bridgehead atoms. The average molecular weight is 212 g/mol. The summed E-state index contributed by atoms with van der Waals surface area (Å²) in [6.07, 6.45) is 1.88. The molecule has 0 saturated heterocycles. The summed E-state index contributed by atoms with van der Waals surface area (Å²) >= 11 is 0. The Morgan fingerprint density at radius 1 is 1.14 bits per heavy atom. The lowest BCUT2D eigenvalue weighted by Crippen LogP contribution is -1.84. The second-order valence-electron chi connectivity index (χ2n) is 2.65. The fourth-order valence-corrected chi connectivity index (χ4v) is 1.30. The maximum atomic E-state index is 10.5. The summed E-state index contributed by atoms with van der Waals surface area (Å²) in [5.74, 6) is 0.773. The Labute approximate surface area is 81.0 Å². The summed E-state index contributed by atoms with van der Waals surface area (Å²) in [7, 11) is -4.16. The molecule has 14 heavy (non-hydrogen) atoms. The van der Waals surface area contributed by atoms with Gasteiger partial charge in [0.1, 0.15) is 0 Å². The van der Waals surface area contributed by atoms with Crippen LogP contribution in [-0.2, 0) is 4.57 Å². The standard InChI is InChI=1S/C9H9O4P/c10-7-9-4-2-1-3-8(9)5-6-14(11,12)13/h1-7H,(H2,11,12,13). The van der Waals surface area contributed by atoms with Gasteiger partial charge in [-0.05, 0) is 11.6 Å². The normalized spacial score (nSPS) is 11.9. The average Bonchev–Trinajstić information content (AvgIpc) is 2.14. The molecule has 0 radical (unpaired) electrons. The first-order valence-corrected chi connectivity index (χ1v) is 5.50. The maximum absolute atomic E-state index is 10.5. The van der Waals surface area contributed by atoms with E-state index in [1.807, 2.05) is 0 Å². The third-order valence-electron chi connectivity index (χ3n) is 1.57. The molecule has 1 rings (SSSR count). The molecule has 0 saturated carbocycles. The number of rotatable bonds is 3. The summed E-state index contributed by atoms with van der Waals surface area (Å²) in [6.45, 7) is 0. The highest BCUT2D eigenvalue weighted by Gasteiger charge is 2.06. The second kappa shape index (κ2) is 4.33. The largest absolute Gasteiger partial charge is 0.349 e. The van der Waals surface area contributed by atoms with E-state index in [4.69, 9.17) is 9.79 Å². The first-order valence-electron chi connectivity index (χ1n) is 3.81. The second-order valence-corrected chi connectivity index (χ2v) is 4.13. The Morgan fingerprint density at radius 2 is 1.71 bits per heavy atom. The minimum Gasteiger partial charge on any atom is -0.321 e. The van der Waals surface area contributed by atoms with Crippen LogP contribution in [0.2, 0.25) is 0 Å². The fraction of sp³-hybridized carbons (Fsp3) is 0. The smallest absolute Gasteiger partial charge is 0.321 e. The van der Waals surface area contributed by atoms with Crippen LogP contribution < -0.4 is 0 Å². The van der Waals surface area contributed by atoms with Gasteiger partial charge >= 0.3 is 7.60 Å². The quantitative estimate of drug-likeness (QED) is 0.590. The van der Waals surface area contributed by atoms with Crippen LogP contribution in [0.25, 0.3) is 6.08 Å². The van der Waals surface area contributed by atoms with Gasteiger partial charge in [0.2, 0.25) is 0 Å². The highest BCUT2D eigenvalue weighted by atomic mass is 31.2. The molecule has 0 aliphatic rings. The fourth-order valence-electron chi connectivity index (χ4n) is 0.947. The predicted molar refractivity (Wildman–Crippen MR) is 52.9 cm³/mol. The number of benzene rings is 1. The van der Waals surface area contributed by atoms with Crippen molar-refractivity contribution < 1.29 is 19.1 Å². The molecule has 2 N–H and O–H groups in total. The molecule has 0 aliphatic heterocycles. The Kier molecular flexibility index (Phi) is 3.36. The molecule has 0 heterocycles. The van der Waals surface area contributed by atoms with Crippen LogP contribution >= 0.6 is 7.60 Å². The van der Waals surface area contributed by atoms with Crippen molar-refractivity contribution in [3.05, 3.63) is 41.2 Å². The van der Waals surface area contributed by atoms with E-state index in [0.717, 1.165) is 5.82 Å². The van der Waals surface area contributed by atoms with Crippen molar-refractivity contribution in [1.29, 1.82) is 0 Å². The van der Waals surface area contributed by atoms with E-state index in [-0.39, 0.29) is 0 Å². The number of aldehydes is 1. The molecule has 4 nitrogen and oxygen atoms in total. The third-order valence-corrected chi connectivity index (χ3v) is 2.11. The SMILES string of the molecule is O=Cc1ccccc1C=CP(=O)(O)O. The molecule has 0 amide bonds. The highest BCUT2D eigenvalue weighted by Crippen LogP contribution is 2.36. The first-order chi connectivity index (χ1) is 6.53. The van der Waals surface area contributed by atoms with E-state index in [1.54, 1.807) is 24.3 Å². The molecule has 5 heteroatoms. The van der Waals surface area contributed by atoms with E-state index in [1.165, 1.54) is 6.08 Å². The Hall–Kier alpha value is -1.22. The summed E-state index contributed by atoms with van der Waals surface area (Å²) in [4.78, 5) is 27.7. The molecule has 1 aromatic rings. The van der Waals surface area contributed by atoms with Crippen LogP contribution in [-0.4, -0.2) is 16.1 Å². The predicted octanol–water partition coefficient (Wildman–Crippen LogP) is 1.65. The third kappa shape index (κ3) is 3.26. The van der Waals surface area contributed by atoms with Crippen molar-refractivity contribution in [2.75, 3.05) is 0 Å². The zero-order valence-electron chi connectivity index (χ0n) is 7.20. The number of hydrogen-bond donors (Lipinski definition) is 2. The van der Waals surface area contributed by atoms with Crippen molar-refractivity contribution in [2.24, 2.45) is 0 Å². The summed E-state index contributed by atoms with van der Waals surface area (Å²) in [5, 5.41) is 0. The van der Waals surface area contributed by atoms with Gasteiger partial charge in [-0.3, -0.25) is 9.36 Å². The summed E-state index contributed by atoms with van der Waals surface area (Å²) < 4.78 is 10.5. The minimum absolute atomic E-state index is 0.400. The van der Waals surface area contributed by atoms with E-state index < -0.39 is 7.60 Å². The van der Waals surface area contributed by atoms with Crippen LogP contribution in [0, 0.1) is 0 Å². The van der Waals surface area contributed by atoms with Crippen LogP contribution in [0.1, 0.15) is 15.9 Å². The van der Waals surface area contributed by atoms with Crippen molar-refractivity contribution in [1.82, 2.24) is 0 Å². The van der Waals surface area contributed by atoms with Gasteiger partial charge in [0.05, 0.1) is 0 Å². The number of carbonyl (C=O) groups excluding carboxylic acids is 1. The van der Waals surface area contributed by atoms with Crippen LogP contribution in [0.3, 0.4) is 0 Å². The zero-order valence-corrected chi connectivity index (χ0v) is 8.09. The molecule has 0 spiro atoms. The molecule has 0 aromatic heterocycles. The van der Waals surface area contributed by atoms with E-state index in [9.17, 15) is 9.36 Å². The molecule has 0 unspecified atom stereocenters. The number of hydrogen-bond acceptors (Lipinski definition) is 2. The lowest BCUT2D eigenvalue weighted by atomic mass is 10.1. The van der Waals surface area contributed by atoms with Gasteiger partial charge in [0, 0.05) is 11.4 Å². The van der Waals surface area contributed by atoms with Crippen molar-refractivity contribution in [3.63, 3.8) is 0 Å². The molecule has 0 aliphatic carbocycles. The zero-order chi connectivity index (χ0) is 10.6. The van der Waals surface area contributed by atoms with Crippen LogP contribution in [0.4, 0.5) is 0 Å². The minimum atomic E-state index is -4.16. The molecular weight excluding hydrogens is 203 g/mol. The Balaban J connectivity index is 3.03. The van der Waals surface area contributed by atoms with Gasteiger partial charge < -0.3 is 9.79 Å². The topological polar surface area (TPSA) is 74.6 Å². The van der Waals surface area contributed by atoms with Crippen molar-refractivity contribution >= 4 is 20.0 Å². The summed E-state index contributed by atoms with van der Waals surface area (Å²) in [5.41, 5.74) is 0.892. The Morgan fingerprint density at radius 3 is 2.21 bits per heavy atom. The van der Waals surface area contributed by atoms with Crippen molar-refractivity contribution in [2.45, 2.75) is 0 Å². The van der Waals surface area contributed by atoms with Gasteiger partial charge in [-0.1, -0.05) is 24.3 Å². The molecular formula is C9H9O4P. The van der Waals surface area contributed by atoms with E-state index in [2.05, 4.69) is 0 Å². The lowest BCUT2D eigenvalue weighted by Gasteiger charge is -1.98. The maximum Gasteiger partial charge on any atom is 0.349 e. The first kappa shape index (κ1) is 10.9. The molecule has 74 valence electrons. The van der Waals surface area contributed by atoms with Gasteiger partial charge in [-0.15, -0.1) is 0 Å². The summed E-state index contributed by atoms with van der Waals surface area (Å²) in [6, 6.07) is 6.55. The number of carbonyl (C=O) groups is 1. The molecule has 0 atom stereocenters. The Bertz CT molecular complexity index is 405.